The van der Waals surface area contributed by atoms with Gasteiger partial charge in [-0.1, -0.05) is 43.3 Å². The number of nitrogens with two attached hydrogens (primary N) is 1. The van der Waals surface area contributed by atoms with Crippen molar-refractivity contribution >= 4 is 29.1 Å². The van der Waals surface area contributed by atoms with Crippen LogP contribution in [0.2, 0.25) is 0 Å². The number of thiophene rings is 1. The summed E-state index contributed by atoms with van der Waals surface area (Å²) < 4.78 is 1.18. The predicted molar refractivity (Wildman–Crippen MR) is 90.9 cm³/mol. The number of carbonyl (C=O) groups is 1. The zero-order valence-electron chi connectivity index (χ0n) is 12.2. The topological polar surface area (TPSA) is 63.3 Å². The Bertz CT molecular complexity index is 512. The Morgan fingerprint density at radius 3 is 2.33 bits per heavy atom. The van der Waals surface area contributed by atoms with Gasteiger partial charge in [0, 0.05) is 11.3 Å². The van der Waals surface area contributed by atoms with Gasteiger partial charge in [-0.25, -0.2) is 0 Å². The second kappa shape index (κ2) is 9.60. The quantitative estimate of drug-likeness (QED) is 0.800. The van der Waals surface area contributed by atoms with Crippen LogP contribution < -0.4 is 5.73 Å². The van der Waals surface area contributed by atoms with Gasteiger partial charge in [-0.2, -0.15) is 0 Å². The van der Waals surface area contributed by atoms with Crippen molar-refractivity contribution in [2.45, 2.75) is 35.8 Å². The van der Waals surface area contributed by atoms with Crippen molar-refractivity contribution in [3.05, 3.63) is 53.4 Å². The number of benzene rings is 1. The van der Waals surface area contributed by atoms with Gasteiger partial charge in [0.25, 0.3) is 0 Å². The van der Waals surface area contributed by atoms with Crippen LogP contribution in [-0.4, -0.2) is 16.3 Å². The Morgan fingerprint density at radius 1 is 1.24 bits per heavy atom. The summed E-state index contributed by atoms with van der Waals surface area (Å²) in [5, 5.41) is 10.7. The lowest BCUT2D eigenvalue weighted by atomic mass is 10.1. The Balaban J connectivity index is 0.000000219. The normalized spacial score (nSPS) is 12.9. The molecule has 1 aromatic carbocycles. The van der Waals surface area contributed by atoms with Crippen LogP contribution in [0.5, 0.6) is 0 Å². The first-order valence-corrected chi connectivity index (χ1v) is 8.47. The fourth-order valence-electron chi connectivity index (χ4n) is 1.57. The number of thioether (sulfide) groups is 1. The highest BCUT2D eigenvalue weighted by Crippen LogP contribution is 2.28. The lowest BCUT2D eigenvalue weighted by Gasteiger charge is -2.04. The maximum Gasteiger partial charge on any atom is 0.304 e. The number of aliphatic carboxylic acids is 1. The molecule has 3 nitrogen and oxygen atoms in total. The van der Waals surface area contributed by atoms with E-state index >= 15 is 0 Å². The maximum absolute atomic E-state index is 10.3. The van der Waals surface area contributed by atoms with Gasteiger partial charge < -0.3 is 10.8 Å². The van der Waals surface area contributed by atoms with E-state index < -0.39 is 5.97 Å². The SMILES string of the molecule is C[C@@H](CC(=O)O)Sc1cccs1.C[C@@H](N)c1ccccc1. The van der Waals surface area contributed by atoms with Crippen molar-refractivity contribution in [3.8, 4) is 0 Å². The monoisotopic (exact) mass is 323 g/mol. The zero-order valence-corrected chi connectivity index (χ0v) is 13.9. The fraction of sp³-hybridized carbons (Fsp3) is 0.312. The number of carboxylic acid groups (broad SMARTS) is 1. The van der Waals surface area contributed by atoms with Crippen molar-refractivity contribution in [2.24, 2.45) is 5.73 Å². The molecule has 0 bridgehead atoms. The molecule has 2 rings (SSSR count). The lowest BCUT2D eigenvalue weighted by Crippen LogP contribution is -2.04. The van der Waals surface area contributed by atoms with Gasteiger partial charge in [-0.05, 0) is 23.9 Å². The van der Waals surface area contributed by atoms with E-state index in [-0.39, 0.29) is 17.7 Å². The van der Waals surface area contributed by atoms with Gasteiger partial charge in [0.15, 0.2) is 0 Å². The van der Waals surface area contributed by atoms with Crippen molar-refractivity contribution in [1.29, 1.82) is 0 Å². The van der Waals surface area contributed by atoms with Crippen LogP contribution >= 0.6 is 23.1 Å². The Labute approximate surface area is 134 Å². The molecule has 2 aromatic rings. The van der Waals surface area contributed by atoms with Gasteiger partial charge in [-0.15, -0.1) is 23.1 Å². The van der Waals surface area contributed by atoms with Crippen LogP contribution in [0.4, 0.5) is 0 Å². The summed E-state index contributed by atoms with van der Waals surface area (Å²) in [6, 6.07) is 14.2. The first kappa shape index (κ1) is 17.8. The molecule has 0 unspecified atom stereocenters. The molecular weight excluding hydrogens is 302 g/mol. The maximum atomic E-state index is 10.3. The van der Waals surface area contributed by atoms with Gasteiger partial charge in [0.1, 0.15) is 0 Å². The highest BCUT2D eigenvalue weighted by Gasteiger charge is 2.08. The number of rotatable bonds is 5. The standard InChI is InChI=1S/C8H11N.C8H10O2S2/c1-7(9)8-5-3-2-4-6-8;1-6(5-7(9)10)12-8-3-2-4-11-8/h2-7H,9H2,1H3;2-4,6H,5H2,1H3,(H,9,10)/t7-;6-/m10/s1. The largest absolute Gasteiger partial charge is 0.481 e. The van der Waals surface area contributed by atoms with Crippen LogP contribution in [0.15, 0.2) is 52.1 Å². The van der Waals surface area contributed by atoms with Crippen LogP contribution in [-0.2, 0) is 4.79 Å². The van der Waals surface area contributed by atoms with Gasteiger partial charge in [0.05, 0.1) is 10.6 Å². The second-order valence-corrected chi connectivity index (χ2v) is 7.34. The van der Waals surface area contributed by atoms with E-state index in [9.17, 15) is 4.79 Å². The summed E-state index contributed by atoms with van der Waals surface area (Å²) in [6.45, 7) is 3.91. The van der Waals surface area contributed by atoms with Crippen molar-refractivity contribution in [1.82, 2.24) is 0 Å². The zero-order chi connectivity index (χ0) is 15.7. The van der Waals surface area contributed by atoms with Gasteiger partial charge in [-0.3, -0.25) is 4.79 Å². The molecule has 2 atom stereocenters. The second-order valence-electron chi connectivity index (χ2n) is 4.66. The third-order valence-electron chi connectivity index (χ3n) is 2.60. The molecule has 0 saturated carbocycles. The molecule has 1 heterocycles. The van der Waals surface area contributed by atoms with E-state index in [0.717, 1.165) is 0 Å². The molecule has 0 spiro atoms. The predicted octanol–water partition coefficient (Wildman–Crippen LogP) is 4.41. The van der Waals surface area contributed by atoms with Crippen LogP contribution in [0.3, 0.4) is 0 Å². The Morgan fingerprint density at radius 2 is 1.90 bits per heavy atom. The molecule has 5 heteroatoms. The van der Waals surface area contributed by atoms with Crippen molar-refractivity contribution < 1.29 is 9.90 Å². The summed E-state index contributed by atoms with van der Waals surface area (Å²) >= 11 is 3.26. The molecule has 21 heavy (non-hydrogen) atoms. The van der Waals surface area contributed by atoms with E-state index in [1.165, 1.54) is 9.77 Å². The average molecular weight is 323 g/mol. The fourth-order valence-corrected chi connectivity index (χ4v) is 3.68. The van der Waals surface area contributed by atoms with Gasteiger partial charge >= 0.3 is 5.97 Å². The summed E-state index contributed by atoms with van der Waals surface area (Å²) in [6.07, 6.45) is 0.225. The molecule has 0 amide bonds. The Hall–Kier alpha value is -1.30. The molecule has 0 radical (unpaired) electrons. The van der Waals surface area contributed by atoms with E-state index in [4.69, 9.17) is 10.8 Å². The highest BCUT2D eigenvalue weighted by atomic mass is 32.2. The van der Waals surface area contributed by atoms with E-state index in [2.05, 4.69) is 0 Å². The van der Waals surface area contributed by atoms with Gasteiger partial charge in [0.2, 0.25) is 0 Å². The molecule has 1 aromatic heterocycles. The average Bonchev–Trinajstić information content (AvgIpc) is 2.92. The molecule has 0 aliphatic carbocycles. The number of hydrogen-bond donors (Lipinski definition) is 2. The molecular formula is C16H21NO2S2. The number of carboxylic acids is 1. The van der Waals surface area contributed by atoms with Crippen LogP contribution in [0.25, 0.3) is 0 Å². The highest BCUT2D eigenvalue weighted by molar-refractivity contribution is 8.01. The summed E-state index contributed by atoms with van der Waals surface area (Å²) in [7, 11) is 0. The molecule has 0 aliphatic heterocycles. The molecule has 0 fully saturated rings. The van der Waals surface area contributed by atoms with Crippen LogP contribution in [0.1, 0.15) is 31.9 Å². The molecule has 0 saturated heterocycles. The molecule has 0 aliphatic rings. The summed E-state index contributed by atoms with van der Waals surface area (Å²) in [4.78, 5) is 10.3. The van der Waals surface area contributed by atoms with Crippen molar-refractivity contribution in [2.75, 3.05) is 0 Å². The summed E-state index contributed by atoms with van der Waals surface area (Å²) in [5.41, 5.74) is 6.81. The Kier molecular flexibility index (Phi) is 8.12. The van der Waals surface area contributed by atoms with E-state index in [1.807, 2.05) is 61.7 Å². The van der Waals surface area contributed by atoms with Crippen molar-refractivity contribution in [3.63, 3.8) is 0 Å². The number of hydrogen-bond acceptors (Lipinski definition) is 4. The smallest absolute Gasteiger partial charge is 0.304 e. The van der Waals surface area contributed by atoms with E-state index in [0.29, 0.717) is 0 Å². The minimum Gasteiger partial charge on any atom is -0.481 e. The summed E-state index contributed by atoms with van der Waals surface area (Å²) in [5.74, 6) is -0.730. The third kappa shape index (κ3) is 7.90. The van der Waals surface area contributed by atoms with Crippen LogP contribution in [0, 0.1) is 0 Å². The first-order valence-electron chi connectivity index (χ1n) is 6.71. The van der Waals surface area contributed by atoms with E-state index in [1.54, 1.807) is 23.1 Å². The third-order valence-corrected chi connectivity index (χ3v) is 4.78. The first-order chi connectivity index (χ1) is 9.99. The lowest BCUT2D eigenvalue weighted by molar-refractivity contribution is -0.136. The molecule has 3 N–H and O–H groups in total. The minimum atomic E-state index is -0.730. The molecule has 114 valence electrons. The minimum absolute atomic E-state index is 0.154.